The van der Waals surface area contributed by atoms with Crippen LogP contribution >= 0.6 is 0 Å². The number of allylic oxidation sites excluding steroid dienone is 3. The fraction of sp³-hybridized carbons (Fsp3) is 0.444. The minimum atomic E-state index is 0.986. The highest BCUT2D eigenvalue weighted by molar-refractivity contribution is 5.36. The first-order valence-corrected chi connectivity index (χ1v) is 3.45. The van der Waals surface area contributed by atoms with Crippen LogP contribution in [0.1, 0.15) is 27.2 Å². The van der Waals surface area contributed by atoms with Gasteiger partial charge in [0.05, 0.1) is 0 Å². The monoisotopic (exact) mass is 137 g/mol. The van der Waals surface area contributed by atoms with E-state index in [1.807, 2.05) is 13.8 Å². The predicted molar refractivity (Wildman–Crippen MR) is 47.4 cm³/mol. The maximum atomic E-state index is 3.85. The maximum Gasteiger partial charge on any atom is 0.0399 e. The third kappa shape index (κ3) is 2.18. The van der Waals surface area contributed by atoms with Crippen LogP contribution in [0.5, 0.6) is 0 Å². The van der Waals surface area contributed by atoms with Gasteiger partial charge in [-0.1, -0.05) is 19.1 Å². The molecule has 0 fully saturated rings. The molecule has 0 aliphatic rings. The van der Waals surface area contributed by atoms with E-state index >= 15 is 0 Å². The van der Waals surface area contributed by atoms with E-state index in [1.165, 1.54) is 5.57 Å². The van der Waals surface area contributed by atoms with E-state index in [4.69, 9.17) is 0 Å². The van der Waals surface area contributed by atoms with Gasteiger partial charge in [0.1, 0.15) is 0 Å². The van der Waals surface area contributed by atoms with Gasteiger partial charge >= 0.3 is 0 Å². The van der Waals surface area contributed by atoms with Gasteiger partial charge in [-0.15, -0.1) is 0 Å². The average Bonchev–Trinajstić information content (AvgIpc) is 1.88. The van der Waals surface area contributed by atoms with E-state index in [2.05, 4.69) is 25.2 Å². The van der Waals surface area contributed by atoms with Crippen molar-refractivity contribution in [1.29, 1.82) is 0 Å². The summed E-state index contributed by atoms with van der Waals surface area (Å²) in [5, 5.41) is 0. The molecule has 0 amide bonds. The lowest BCUT2D eigenvalue weighted by atomic mass is 10.1. The van der Waals surface area contributed by atoms with Crippen LogP contribution in [0.3, 0.4) is 0 Å². The zero-order valence-corrected chi connectivity index (χ0v) is 7.07. The Morgan fingerprint density at radius 2 is 1.90 bits per heavy atom. The lowest BCUT2D eigenvalue weighted by molar-refractivity contribution is 1.05. The molecule has 1 nitrogen and oxygen atoms in total. The number of nitrogens with zero attached hydrogens (tertiary/aromatic N) is 1. The second kappa shape index (κ2) is 4.04. The van der Waals surface area contributed by atoms with E-state index in [9.17, 15) is 0 Å². The van der Waals surface area contributed by atoms with Gasteiger partial charge in [0, 0.05) is 5.70 Å². The lowest BCUT2D eigenvalue weighted by Gasteiger charge is -2.04. The Morgan fingerprint density at radius 3 is 2.00 bits per heavy atom. The lowest BCUT2D eigenvalue weighted by Crippen LogP contribution is -1.85. The molecule has 10 heavy (non-hydrogen) atoms. The molecule has 0 N–H and O–H groups in total. The number of hydrogen-bond donors (Lipinski definition) is 0. The standard InChI is InChI=1S/C9H15N/c1-6-9(7(2)3)8(4)10-5/h2,5-6H2,1,3-4H3/b9-8-. The Balaban J connectivity index is 4.62. The summed E-state index contributed by atoms with van der Waals surface area (Å²) in [7, 11) is 0. The molecule has 0 heterocycles. The largest absolute Gasteiger partial charge is 0.269 e. The van der Waals surface area contributed by atoms with Crippen LogP contribution in [-0.4, -0.2) is 6.72 Å². The summed E-state index contributed by atoms with van der Waals surface area (Å²) >= 11 is 0. The maximum absolute atomic E-state index is 3.85. The molecule has 56 valence electrons. The second-order valence-electron chi connectivity index (χ2n) is 2.36. The van der Waals surface area contributed by atoms with Gasteiger partial charge in [-0.05, 0) is 32.6 Å². The average molecular weight is 137 g/mol. The van der Waals surface area contributed by atoms with Gasteiger partial charge in [-0.3, -0.25) is 4.99 Å². The first kappa shape index (κ1) is 9.15. The topological polar surface area (TPSA) is 12.4 Å². The van der Waals surface area contributed by atoms with E-state index < -0.39 is 0 Å². The molecule has 0 saturated heterocycles. The molecule has 1 heteroatoms. The van der Waals surface area contributed by atoms with Crippen molar-refractivity contribution >= 4 is 6.72 Å². The fourth-order valence-corrected chi connectivity index (χ4v) is 0.962. The second-order valence-corrected chi connectivity index (χ2v) is 2.36. The van der Waals surface area contributed by atoms with Crippen LogP contribution < -0.4 is 0 Å². The smallest absolute Gasteiger partial charge is 0.0399 e. The van der Waals surface area contributed by atoms with Crippen LogP contribution in [-0.2, 0) is 0 Å². The van der Waals surface area contributed by atoms with Crippen molar-refractivity contribution in [2.75, 3.05) is 0 Å². The third-order valence-corrected chi connectivity index (χ3v) is 1.54. The van der Waals surface area contributed by atoms with Gasteiger partial charge in [-0.2, -0.15) is 0 Å². The van der Waals surface area contributed by atoms with Gasteiger partial charge in [0.15, 0.2) is 0 Å². The molecule has 0 aromatic rings. The van der Waals surface area contributed by atoms with Crippen LogP contribution in [0.2, 0.25) is 0 Å². The van der Waals surface area contributed by atoms with Crippen LogP contribution in [0, 0.1) is 0 Å². The van der Waals surface area contributed by atoms with Gasteiger partial charge in [-0.25, -0.2) is 0 Å². The molecule has 0 atom stereocenters. The Labute approximate surface area is 63.2 Å². The normalized spacial score (nSPS) is 12.3. The van der Waals surface area contributed by atoms with Crippen LogP contribution in [0.4, 0.5) is 0 Å². The van der Waals surface area contributed by atoms with Crippen molar-refractivity contribution in [3.05, 3.63) is 23.4 Å². The molecule has 0 radical (unpaired) electrons. The Hall–Kier alpha value is -0.850. The van der Waals surface area contributed by atoms with E-state index in [0.29, 0.717) is 0 Å². The minimum Gasteiger partial charge on any atom is -0.269 e. The Bertz CT molecular complexity index is 175. The quantitative estimate of drug-likeness (QED) is 0.419. The van der Waals surface area contributed by atoms with E-state index in [0.717, 1.165) is 17.7 Å². The predicted octanol–water partition coefficient (Wildman–Crippen LogP) is 2.95. The minimum absolute atomic E-state index is 0.986. The third-order valence-electron chi connectivity index (χ3n) is 1.54. The summed E-state index contributed by atoms with van der Waals surface area (Å²) in [4.78, 5) is 3.85. The summed E-state index contributed by atoms with van der Waals surface area (Å²) in [5.41, 5.74) is 3.30. The van der Waals surface area contributed by atoms with Crippen molar-refractivity contribution < 1.29 is 0 Å². The van der Waals surface area contributed by atoms with E-state index in [1.54, 1.807) is 0 Å². The van der Waals surface area contributed by atoms with Crippen molar-refractivity contribution in [2.24, 2.45) is 4.99 Å². The molecule has 0 unspecified atom stereocenters. The molecule has 0 spiro atoms. The Morgan fingerprint density at radius 1 is 1.40 bits per heavy atom. The Kier molecular flexibility index (Phi) is 3.70. The van der Waals surface area contributed by atoms with Crippen LogP contribution in [0.15, 0.2) is 28.4 Å². The van der Waals surface area contributed by atoms with Crippen molar-refractivity contribution in [2.45, 2.75) is 27.2 Å². The number of hydrogen-bond acceptors (Lipinski definition) is 1. The molecule has 0 aliphatic carbocycles. The van der Waals surface area contributed by atoms with E-state index in [-0.39, 0.29) is 0 Å². The fourth-order valence-electron chi connectivity index (χ4n) is 0.962. The zero-order chi connectivity index (χ0) is 8.15. The SMILES string of the molecule is C=N/C(C)=C(/CC)C(=C)C. The van der Waals surface area contributed by atoms with Crippen LogP contribution in [0.25, 0.3) is 0 Å². The highest BCUT2D eigenvalue weighted by Crippen LogP contribution is 2.16. The molecular weight excluding hydrogens is 122 g/mol. The first-order chi connectivity index (χ1) is 4.63. The highest BCUT2D eigenvalue weighted by atomic mass is 14.7. The molecular formula is C9H15N. The molecule has 0 rings (SSSR count). The highest BCUT2D eigenvalue weighted by Gasteiger charge is 1.97. The molecule has 0 aliphatic heterocycles. The van der Waals surface area contributed by atoms with Gasteiger partial charge in [0.2, 0.25) is 0 Å². The zero-order valence-electron chi connectivity index (χ0n) is 7.07. The number of aliphatic imine (C=N–C) groups is 1. The molecule has 0 aromatic heterocycles. The summed E-state index contributed by atoms with van der Waals surface area (Å²) in [6.45, 7) is 13.4. The molecule has 0 saturated carbocycles. The summed E-state index contributed by atoms with van der Waals surface area (Å²) in [6.07, 6.45) is 0.986. The summed E-state index contributed by atoms with van der Waals surface area (Å²) < 4.78 is 0. The molecule has 0 bridgehead atoms. The van der Waals surface area contributed by atoms with Crippen molar-refractivity contribution in [1.82, 2.24) is 0 Å². The van der Waals surface area contributed by atoms with Crippen molar-refractivity contribution in [3.63, 3.8) is 0 Å². The van der Waals surface area contributed by atoms with Crippen molar-refractivity contribution in [3.8, 4) is 0 Å². The summed E-state index contributed by atoms with van der Waals surface area (Å²) in [6, 6.07) is 0. The van der Waals surface area contributed by atoms with Gasteiger partial charge < -0.3 is 0 Å². The summed E-state index contributed by atoms with van der Waals surface area (Å²) in [5.74, 6) is 0. The molecule has 0 aromatic carbocycles. The van der Waals surface area contributed by atoms with Gasteiger partial charge in [0.25, 0.3) is 0 Å². The first-order valence-electron chi connectivity index (χ1n) is 3.45. The number of rotatable bonds is 3.